The smallest absolute Gasteiger partial charge is 0.297 e. The van der Waals surface area contributed by atoms with Crippen molar-refractivity contribution < 1.29 is 0 Å². The zero-order chi connectivity index (χ0) is 20.2. The van der Waals surface area contributed by atoms with Crippen molar-refractivity contribution in [2.45, 2.75) is 47.3 Å². The van der Waals surface area contributed by atoms with Crippen molar-refractivity contribution in [3.8, 4) is 0 Å². The maximum atomic E-state index is 13.0. The van der Waals surface area contributed by atoms with Crippen LogP contribution >= 0.6 is 0 Å². The molecule has 4 rings (SSSR count). The van der Waals surface area contributed by atoms with Crippen LogP contribution in [0.1, 0.15) is 30.5 Å². The van der Waals surface area contributed by atoms with Gasteiger partial charge in [0.15, 0.2) is 11.2 Å². The maximum Gasteiger partial charge on any atom is 0.332 e. The SMILES string of the molecule is CCn1c(=O)c2c(nc3n2CC(C)=NN3Cc2cc(C)ccc2C)n(C)c1=O. The summed E-state index contributed by atoms with van der Waals surface area (Å²) in [5.41, 5.74) is 4.57. The number of aryl methyl sites for hydroxylation is 3. The molecule has 0 bridgehead atoms. The van der Waals surface area contributed by atoms with Crippen LogP contribution in [0.4, 0.5) is 5.95 Å². The van der Waals surface area contributed by atoms with Crippen molar-refractivity contribution in [2.75, 3.05) is 5.01 Å². The van der Waals surface area contributed by atoms with Gasteiger partial charge in [-0.2, -0.15) is 10.1 Å². The molecule has 0 spiro atoms. The van der Waals surface area contributed by atoms with E-state index in [0.29, 0.717) is 36.7 Å². The Labute approximate surface area is 162 Å². The molecule has 1 aromatic carbocycles. The molecular weight excluding hydrogens is 356 g/mol. The molecule has 3 aromatic rings. The van der Waals surface area contributed by atoms with Gasteiger partial charge in [0.1, 0.15) is 0 Å². The second-order valence-electron chi connectivity index (χ2n) is 7.38. The second kappa shape index (κ2) is 6.47. The zero-order valence-corrected chi connectivity index (χ0v) is 16.9. The van der Waals surface area contributed by atoms with Crippen molar-refractivity contribution in [3.63, 3.8) is 0 Å². The van der Waals surface area contributed by atoms with Crippen LogP contribution in [0.25, 0.3) is 11.2 Å². The fraction of sp³-hybridized carbons (Fsp3) is 0.400. The van der Waals surface area contributed by atoms with Crippen LogP contribution < -0.4 is 16.3 Å². The highest BCUT2D eigenvalue weighted by Gasteiger charge is 2.26. The highest BCUT2D eigenvalue weighted by atomic mass is 16.2. The van der Waals surface area contributed by atoms with Gasteiger partial charge in [0.2, 0.25) is 5.95 Å². The third kappa shape index (κ3) is 2.67. The lowest BCUT2D eigenvalue weighted by Crippen LogP contribution is -2.39. The summed E-state index contributed by atoms with van der Waals surface area (Å²) in [5, 5.41) is 6.50. The Bertz CT molecular complexity index is 1240. The van der Waals surface area contributed by atoms with Gasteiger partial charge in [-0.1, -0.05) is 23.8 Å². The minimum Gasteiger partial charge on any atom is -0.297 e. The molecular formula is C20H24N6O2. The number of benzene rings is 1. The first-order valence-corrected chi connectivity index (χ1v) is 9.39. The molecule has 0 atom stereocenters. The van der Waals surface area contributed by atoms with Crippen LogP contribution in [-0.2, 0) is 26.7 Å². The van der Waals surface area contributed by atoms with Crippen LogP contribution in [0, 0.1) is 13.8 Å². The number of imidazole rings is 1. The number of rotatable bonds is 3. The third-order valence-electron chi connectivity index (χ3n) is 5.26. The van der Waals surface area contributed by atoms with Gasteiger partial charge in [0, 0.05) is 13.6 Å². The molecule has 0 aliphatic carbocycles. The Morgan fingerprint density at radius 3 is 2.61 bits per heavy atom. The Morgan fingerprint density at radius 2 is 1.89 bits per heavy atom. The van der Waals surface area contributed by atoms with Gasteiger partial charge in [-0.05, 0) is 38.8 Å². The molecule has 1 aliphatic heterocycles. The Morgan fingerprint density at radius 1 is 1.14 bits per heavy atom. The standard InChI is InChI=1S/C20H24N6O2/c1-6-24-18(27)16-17(23(5)20(24)28)21-19-25(16)10-14(4)22-26(19)11-15-9-12(2)7-8-13(15)3/h7-9H,6,10-11H2,1-5H3. The molecule has 8 nitrogen and oxygen atoms in total. The molecule has 28 heavy (non-hydrogen) atoms. The number of fused-ring (bicyclic) bond motifs is 3. The third-order valence-corrected chi connectivity index (χ3v) is 5.26. The maximum absolute atomic E-state index is 13.0. The van der Waals surface area contributed by atoms with E-state index in [1.807, 2.05) is 16.5 Å². The Kier molecular flexibility index (Phi) is 4.21. The van der Waals surface area contributed by atoms with Crippen LogP contribution in [0.2, 0.25) is 0 Å². The van der Waals surface area contributed by atoms with E-state index in [4.69, 9.17) is 0 Å². The van der Waals surface area contributed by atoms with Crippen molar-refractivity contribution >= 4 is 22.8 Å². The quantitative estimate of drug-likeness (QED) is 0.696. The fourth-order valence-corrected chi connectivity index (χ4v) is 3.73. The van der Waals surface area contributed by atoms with Crippen LogP contribution in [0.15, 0.2) is 32.9 Å². The zero-order valence-electron chi connectivity index (χ0n) is 16.9. The average molecular weight is 380 g/mol. The van der Waals surface area contributed by atoms with Gasteiger partial charge >= 0.3 is 5.69 Å². The summed E-state index contributed by atoms with van der Waals surface area (Å²) in [5.74, 6) is 0.586. The lowest BCUT2D eigenvalue weighted by atomic mass is 10.1. The van der Waals surface area contributed by atoms with Gasteiger partial charge in [-0.25, -0.2) is 9.80 Å². The highest BCUT2D eigenvalue weighted by Crippen LogP contribution is 2.26. The van der Waals surface area contributed by atoms with Crippen LogP contribution in [0.3, 0.4) is 0 Å². The lowest BCUT2D eigenvalue weighted by Gasteiger charge is -2.25. The van der Waals surface area contributed by atoms with E-state index < -0.39 is 0 Å². The number of hydrazone groups is 1. The molecule has 0 N–H and O–H groups in total. The van der Waals surface area contributed by atoms with Crippen molar-refractivity contribution in [2.24, 2.45) is 12.1 Å². The largest absolute Gasteiger partial charge is 0.332 e. The van der Waals surface area contributed by atoms with E-state index in [2.05, 4.69) is 42.1 Å². The molecule has 1 aliphatic rings. The normalized spacial score (nSPS) is 13.8. The summed E-state index contributed by atoms with van der Waals surface area (Å²) >= 11 is 0. The van der Waals surface area contributed by atoms with E-state index in [0.717, 1.165) is 11.3 Å². The van der Waals surface area contributed by atoms with E-state index >= 15 is 0 Å². The van der Waals surface area contributed by atoms with E-state index in [-0.39, 0.29) is 11.2 Å². The summed E-state index contributed by atoms with van der Waals surface area (Å²) in [6.07, 6.45) is 0. The topological polar surface area (TPSA) is 77.4 Å². The molecule has 0 fully saturated rings. The first-order chi connectivity index (χ1) is 13.3. The summed E-state index contributed by atoms with van der Waals surface area (Å²) in [7, 11) is 1.65. The molecule has 0 amide bonds. The Balaban J connectivity index is 1.93. The summed E-state index contributed by atoms with van der Waals surface area (Å²) in [6.45, 7) is 9.21. The van der Waals surface area contributed by atoms with Gasteiger partial charge < -0.3 is 0 Å². The van der Waals surface area contributed by atoms with Gasteiger partial charge in [0.05, 0.1) is 18.8 Å². The summed E-state index contributed by atoms with van der Waals surface area (Å²) in [4.78, 5) is 30.1. The van der Waals surface area contributed by atoms with Gasteiger partial charge in [-0.3, -0.25) is 18.5 Å². The number of hydrogen-bond donors (Lipinski definition) is 0. The van der Waals surface area contributed by atoms with E-state index in [1.165, 1.54) is 20.3 Å². The second-order valence-corrected chi connectivity index (χ2v) is 7.38. The average Bonchev–Trinajstić information content (AvgIpc) is 3.03. The Hall–Kier alpha value is -3.16. The van der Waals surface area contributed by atoms with Crippen molar-refractivity contribution in [1.29, 1.82) is 0 Å². The monoisotopic (exact) mass is 380 g/mol. The number of aromatic nitrogens is 4. The van der Waals surface area contributed by atoms with Crippen LogP contribution in [0.5, 0.6) is 0 Å². The minimum atomic E-state index is -0.353. The van der Waals surface area contributed by atoms with Gasteiger partial charge in [-0.15, -0.1) is 0 Å². The van der Waals surface area contributed by atoms with E-state index in [9.17, 15) is 9.59 Å². The number of nitrogens with zero attached hydrogens (tertiary/aromatic N) is 6. The van der Waals surface area contributed by atoms with E-state index in [1.54, 1.807) is 14.0 Å². The molecule has 0 unspecified atom stereocenters. The first kappa shape index (κ1) is 18.2. The predicted molar refractivity (Wildman–Crippen MR) is 110 cm³/mol. The molecule has 8 heteroatoms. The first-order valence-electron chi connectivity index (χ1n) is 9.39. The molecule has 0 saturated carbocycles. The fourth-order valence-electron chi connectivity index (χ4n) is 3.73. The van der Waals surface area contributed by atoms with Crippen LogP contribution in [-0.4, -0.2) is 24.4 Å². The summed E-state index contributed by atoms with van der Waals surface area (Å²) in [6, 6.07) is 6.32. The van der Waals surface area contributed by atoms with Crippen molar-refractivity contribution in [1.82, 2.24) is 18.7 Å². The van der Waals surface area contributed by atoms with Gasteiger partial charge in [0.25, 0.3) is 5.56 Å². The summed E-state index contributed by atoms with van der Waals surface area (Å²) < 4.78 is 4.56. The lowest BCUT2D eigenvalue weighted by molar-refractivity contribution is 0.634. The molecule has 146 valence electrons. The minimum absolute atomic E-state index is 0.305. The number of hydrogen-bond acceptors (Lipinski definition) is 5. The van der Waals surface area contributed by atoms with Crippen molar-refractivity contribution in [3.05, 3.63) is 55.7 Å². The molecule has 0 radical (unpaired) electrons. The molecule has 2 aromatic heterocycles. The predicted octanol–water partition coefficient (Wildman–Crippen LogP) is 1.93. The molecule has 3 heterocycles. The number of anilines is 1. The highest BCUT2D eigenvalue weighted by molar-refractivity contribution is 5.87. The molecule has 0 saturated heterocycles.